The zero-order valence-electron chi connectivity index (χ0n) is 19.5. The maximum atomic E-state index is 13.0. The molecule has 1 unspecified atom stereocenters. The summed E-state index contributed by atoms with van der Waals surface area (Å²) in [7, 11) is 0. The van der Waals surface area contributed by atoms with E-state index >= 15 is 0 Å². The first kappa shape index (κ1) is 23.8. The van der Waals surface area contributed by atoms with E-state index in [1.807, 2.05) is 70.3 Å². The van der Waals surface area contributed by atoms with Crippen LogP contribution in [0.3, 0.4) is 0 Å². The molecule has 2 aromatic carbocycles. The predicted octanol–water partition coefficient (Wildman–Crippen LogP) is 6.75. The van der Waals surface area contributed by atoms with E-state index in [-0.39, 0.29) is 18.6 Å². The first-order chi connectivity index (χ1) is 15.7. The minimum Gasteiger partial charge on any atom is -0.454 e. The molecule has 1 atom stereocenters. The smallest absolute Gasteiger partial charge is 0.236 e. The molecule has 1 aliphatic heterocycles. The Labute approximate surface area is 194 Å². The van der Waals surface area contributed by atoms with Crippen molar-refractivity contribution in [2.75, 3.05) is 12.1 Å². The first-order valence-electron chi connectivity index (χ1n) is 11.4. The highest BCUT2D eigenvalue weighted by Crippen LogP contribution is 2.51. The summed E-state index contributed by atoms with van der Waals surface area (Å²) >= 11 is 1.54. The van der Waals surface area contributed by atoms with Crippen LogP contribution in [0.25, 0.3) is 0 Å². The molecule has 3 aromatic rings. The van der Waals surface area contributed by atoms with Gasteiger partial charge in [0.2, 0.25) is 12.7 Å². The van der Waals surface area contributed by atoms with Gasteiger partial charge in [-0.3, -0.25) is 4.79 Å². The second-order valence-corrected chi connectivity index (χ2v) is 8.37. The van der Waals surface area contributed by atoms with Gasteiger partial charge < -0.3 is 14.8 Å². The Morgan fingerprint density at radius 3 is 2.41 bits per heavy atom. The Morgan fingerprint density at radius 2 is 1.72 bits per heavy atom. The Kier molecular flexibility index (Phi) is 7.91. The Hall–Kier alpha value is -2.86. The minimum atomic E-state index is -0.488. The maximum Gasteiger partial charge on any atom is 0.236 e. The van der Waals surface area contributed by atoms with Crippen LogP contribution in [0.4, 0.5) is 5.13 Å². The average Bonchev–Trinajstić information content (AvgIpc) is 3.31. The SMILES string of the molecule is CC.CC.CC(c1ccccc1)c1cnc(NC(=O)C2(c3ccc4c(c3)OCO4)CC2)s1. The number of benzene rings is 2. The number of hydrogen-bond acceptors (Lipinski definition) is 5. The fraction of sp³-hybridized carbons (Fsp3) is 0.385. The number of ether oxygens (including phenoxy) is 2. The number of fused-ring (bicyclic) bond motifs is 1. The molecule has 1 fully saturated rings. The molecule has 5 nitrogen and oxygen atoms in total. The molecule has 5 rings (SSSR count). The van der Waals surface area contributed by atoms with Gasteiger partial charge in [0.05, 0.1) is 5.41 Å². The molecule has 170 valence electrons. The number of rotatable bonds is 5. The van der Waals surface area contributed by atoms with E-state index in [0.717, 1.165) is 29.0 Å². The van der Waals surface area contributed by atoms with Gasteiger partial charge in [-0.2, -0.15) is 0 Å². The molecular weight excluding hydrogens is 420 g/mol. The highest BCUT2D eigenvalue weighted by molar-refractivity contribution is 7.15. The van der Waals surface area contributed by atoms with Crippen LogP contribution in [-0.2, 0) is 10.2 Å². The lowest BCUT2D eigenvalue weighted by atomic mass is 9.94. The van der Waals surface area contributed by atoms with E-state index in [4.69, 9.17) is 9.47 Å². The van der Waals surface area contributed by atoms with E-state index in [1.165, 1.54) is 16.9 Å². The van der Waals surface area contributed by atoms with Gasteiger partial charge in [0, 0.05) is 17.0 Å². The number of amides is 1. The summed E-state index contributed by atoms with van der Waals surface area (Å²) in [5, 5.41) is 3.68. The van der Waals surface area contributed by atoms with Gasteiger partial charge in [-0.05, 0) is 36.1 Å². The molecule has 6 heteroatoms. The van der Waals surface area contributed by atoms with Crippen molar-refractivity contribution in [2.24, 2.45) is 0 Å². The number of carbonyl (C=O) groups excluding carboxylic acids is 1. The monoisotopic (exact) mass is 452 g/mol. The molecular formula is C26H32N2O3S. The summed E-state index contributed by atoms with van der Waals surface area (Å²) in [5.41, 5.74) is 1.73. The second-order valence-electron chi connectivity index (χ2n) is 7.30. The van der Waals surface area contributed by atoms with Gasteiger partial charge >= 0.3 is 0 Å². The molecule has 1 amide bonds. The van der Waals surface area contributed by atoms with Crippen LogP contribution in [0.15, 0.2) is 54.7 Å². The highest BCUT2D eigenvalue weighted by Gasteiger charge is 2.52. The number of nitrogens with zero attached hydrogens (tertiary/aromatic N) is 1. The maximum absolute atomic E-state index is 13.0. The van der Waals surface area contributed by atoms with Crippen molar-refractivity contribution in [2.45, 2.75) is 58.8 Å². The Balaban J connectivity index is 0.000000686. The third-order valence-corrected chi connectivity index (χ3v) is 6.68. The van der Waals surface area contributed by atoms with Crippen molar-refractivity contribution < 1.29 is 14.3 Å². The quantitative estimate of drug-likeness (QED) is 0.465. The second kappa shape index (κ2) is 10.6. The number of carbonyl (C=O) groups is 1. The van der Waals surface area contributed by atoms with Gasteiger partial charge in [0.15, 0.2) is 16.6 Å². The summed E-state index contributed by atoms with van der Waals surface area (Å²) in [5.74, 6) is 1.69. The topological polar surface area (TPSA) is 60.5 Å². The number of thiazole rings is 1. The van der Waals surface area contributed by atoms with Crippen LogP contribution in [-0.4, -0.2) is 17.7 Å². The molecule has 0 bridgehead atoms. The number of anilines is 1. The van der Waals surface area contributed by atoms with Gasteiger partial charge in [-0.1, -0.05) is 71.0 Å². The lowest BCUT2D eigenvalue weighted by Gasteiger charge is -2.15. The summed E-state index contributed by atoms with van der Waals surface area (Å²) in [6.07, 6.45) is 3.52. The normalized spacial score (nSPS) is 15.4. The predicted molar refractivity (Wildman–Crippen MR) is 131 cm³/mol. The van der Waals surface area contributed by atoms with Crippen molar-refractivity contribution in [3.63, 3.8) is 0 Å². The van der Waals surface area contributed by atoms with Crippen LogP contribution in [0.5, 0.6) is 11.5 Å². The third kappa shape index (κ3) is 4.80. The highest BCUT2D eigenvalue weighted by atomic mass is 32.1. The van der Waals surface area contributed by atoms with Crippen LogP contribution in [0.2, 0.25) is 0 Å². The molecule has 1 aliphatic carbocycles. The fourth-order valence-corrected chi connectivity index (χ4v) is 4.52. The van der Waals surface area contributed by atoms with Gasteiger partial charge in [-0.15, -0.1) is 11.3 Å². The third-order valence-electron chi connectivity index (χ3n) is 5.58. The van der Waals surface area contributed by atoms with Crippen molar-refractivity contribution in [1.82, 2.24) is 4.98 Å². The van der Waals surface area contributed by atoms with Gasteiger partial charge in [-0.25, -0.2) is 4.98 Å². The summed E-state index contributed by atoms with van der Waals surface area (Å²) in [4.78, 5) is 18.6. The zero-order chi connectivity index (χ0) is 23.1. The largest absolute Gasteiger partial charge is 0.454 e. The van der Waals surface area contributed by atoms with Crippen molar-refractivity contribution in [3.8, 4) is 11.5 Å². The van der Waals surface area contributed by atoms with Crippen LogP contribution in [0, 0.1) is 0 Å². The van der Waals surface area contributed by atoms with Crippen LogP contribution in [0.1, 0.15) is 69.4 Å². The Bertz CT molecular complexity index is 1030. The molecule has 0 radical (unpaired) electrons. The van der Waals surface area contributed by atoms with E-state index in [9.17, 15) is 4.79 Å². The molecule has 1 saturated carbocycles. The number of aromatic nitrogens is 1. The number of nitrogens with one attached hydrogen (secondary N) is 1. The van der Waals surface area contributed by atoms with Crippen LogP contribution < -0.4 is 14.8 Å². The van der Waals surface area contributed by atoms with Gasteiger partial charge in [0.25, 0.3) is 0 Å². The first-order valence-corrected chi connectivity index (χ1v) is 12.2. The standard InChI is InChI=1S/C22H20N2O3S.2C2H6/c1-14(15-5-3-2-4-6-15)19-12-23-21(28-19)24-20(25)22(9-10-22)16-7-8-17-18(11-16)27-13-26-17;2*1-2/h2-8,11-12,14H,9-10,13H2,1H3,(H,23,24,25);2*1-2H3. The van der Waals surface area contributed by atoms with Crippen molar-refractivity contribution in [3.05, 3.63) is 70.7 Å². The molecule has 2 heterocycles. The van der Waals surface area contributed by atoms with Crippen molar-refractivity contribution in [1.29, 1.82) is 0 Å². The molecule has 0 spiro atoms. The van der Waals surface area contributed by atoms with E-state index in [0.29, 0.717) is 10.9 Å². The summed E-state index contributed by atoms with van der Waals surface area (Å²) in [6.45, 7) is 10.4. The molecule has 1 aromatic heterocycles. The summed E-state index contributed by atoms with van der Waals surface area (Å²) < 4.78 is 10.8. The lowest BCUT2D eigenvalue weighted by molar-refractivity contribution is -0.118. The Morgan fingerprint density at radius 1 is 1.03 bits per heavy atom. The molecule has 0 saturated heterocycles. The fourth-order valence-electron chi connectivity index (χ4n) is 3.63. The summed E-state index contributed by atoms with van der Waals surface area (Å²) in [6, 6.07) is 16.1. The van der Waals surface area contributed by atoms with E-state index in [1.54, 1.807) is 0 Å². The number of hydrogen-bond donors (Lipinski definition) is 1. The van der Waals surface area contributed by atoms with E-state index in [2.05, 4.69) is 29.4 Å². The molecule has 32 heavy (non-hydrogen) atoms. The zero-order valence-corrected chi connectivity index (χ0v) is 20.3. The molecule has 1 N–H and O–H groups in total. The average molecular weight is 453 g/mol. The van der Waals surface area contributed by atoms with Crippen LogP contribution >= 0.6 is 11.3 Å². The lowest BCUT2D eigenvalue weighted by Crippen LogP contribution is -2.27. The minimum absolute atomic E-state index is 0.000343. The van der Waals surface area contributed by atoms with Gasteiger partial charge in [0.1, 0.15) is 0 Å². The van der Waals surface area contributed by atoms with Crippen molar-refractivity contribution >= 4 is 22.4 Å². The van der Waals surface area contributed by atoms with E-state index < -0.39 is 5.41 Å². The molecule has 2 aliphatic rings.